The molecule has 0 saturated carbocycles. The number of hydrogen-bond donors (Lipinski definition) is 0. The maximum Gasteiger partial charge on any atom is 1.00 e. The van der Waals surface area contributed by atoms with Crippen LogP contribution in [0.25, 0.3) is 20.6 Å². The number of nitrogens with zero attached hydrogens (tertiary/aromatic N) is 4. The number of hydrogen-bond acceptors (Lipinski definition) is 0. The average Bonchev–Trinajstić information content (AvgIpc) is 0.971. The maximum atomic E-state index is 11.5. The molecule has 91 heavy (non-hydrogen) atoms. The van der Waals surface area contributed by atoms with Crippen molar-refractivity contribution in [3.63, 3.8) is 0 Å². The fourth-order valence-corrected chi connectivity index (χ4v) is 20.9. The zero-order valence-electron chi connectivity index (χ0n) is 49.8. The third kappa shape index (κ3) is 19.0. The summed E-state index contributed by atoms with van der Waals surface area (Å²) in [4.78, 5) is 0. The molecule has 13 aromatic rings. The number of benzene rings is 13. The van der Waals surface area contributed by atoms with Gasteiger partial charge >= 0.3 is 68.3 Å². The molecule has 4 nitrogen and oxygen atoms in total. The second-order valence-corrected chi connectivity index (χ2v) is 31.5. The largest absolute Gasteiger partial charge is 1.00 e. The predicted molar refractivity (Wildman–Crippen MR) is 385 cm³/mol. The Morgan fingerprint density at radius 1 is 0.143 bits per heavy atom. The van der Waals surface area contributed by atoms with E-state index in [1.165, 1.54) is 5.56 Å². The van der Waals surface area contributed by atoms with Gasteiger partial charge in [0.2, 0.25) is 0 Å². The summed E-state index contributed by atoms with van der Waals surface area (Å²) in [5.74, 6) is 0. The van der Waals surface area contributed by atoms with Gasteiger partial charge in [0.25, 0.3) is 0 Å². The average molecular weight is 1450 g/mol. The summed E-state index contributed by atoms with van der Waals surface area (Å²) >= 11 is 0. The predicted octanol–water partition coefficient (Wildman–Crippen LogP) is 16.9. The Hall–Kier alpha value is -7.14. The van der Waals surface area contributed by atoms with Crippen LogP contribution in [0.5, 0.6) is 0 Å². The van der Waals surface area contributed by atoms with Gasteiger partial charge in [0, 0.05) is 0 Å². The van der Waals surface area contributed by atoms with Crippen molar-refractivity contribution in [1.82, 2.24) is 0 Å². The molecule has 12 heteroatoms. The molecule has 0 aliphatic heterocycles. The molecule has 0 heterocycles. The summed E-state index contributed by atoms with van der Waals surface area (Å²) in [6.45, 7) is 2.08. The molecule has 0 bridgehead atoms. The van der Waals surface area contributed by atoms with Gasteiger partial charge in [0.05, 0.1) is 0 Å². The van der Waals surface area contributed by atoms with E-state index in [2.05, 4.69) is 19.1 Å². The van der Waals surface area contributed by atoms with Gasteiger partial charge in [-0.2, -0.15) is 0 Å². The first-order valence-corrected chi connectivity index (χ1v) is 35.8. The van der Waals surface area contributed by atoms with Crippen molar-refractivity contribution in [2.24, 2.45) is 0 Å². The van der Waals surface area contributed by atoms with E-state index in [-0.39, 0.29) is 68.3 Å². The van der Waals surface area contributed by atoms with Gasteiger partial charge in [-0.3, -0.25) is 0 Å². The molecule has 13 rings (SSSR count). The summed E-state index contributed by atoms with van der Waals surface area (Å²) in [6.07, 6.45) is 0. The van der Waals surface area contributed by atoms with Gasteiger partial charge in [-0.1, -0.05) is 400 Å². The van der Waals surface area contributed by atoms with E-state index in [4.69, 9.17) is 0 Å². The minimum atomic E-state index is -2.53. The molecule has 468 valence electrons. The molecule has 0 amide bonds. The van der Waals surface area contributed by atoms with Crippen molar-refractivity contribution in [2.75, 3.05) is 0 Å². The molecule has 0 aliphatic carbocycles. The molecule has 0 saturated heterocycles. The summed E-state index contributed by atoms with van der Waals surface area (Å²) < 4.78 is 0. The Morgan fingerprint density at radius 2 is 0.220 bits per heavy atom. The van der Waals surface area contributed by atoms with E-state index in [1.54, 1.807) is 0 Å². The first kappa shape index (κ1) is 74.6. The van der Waals surface area contributed by atoms with E-state index in [0.717, 1.165) is 63.7 Å². The van der Waals surface area contributed by atoms with E-state index < -0.39 is 28.2 Å². The van der Waals surface area contributed by atoms with Crippen molar-refractivity contribution in [2.45, 2.75) is 6.92 Å². The fraction of sp³-hybridized carbons (Fsp3) is 0.0127. The SMILES string of the molecule is Cc1ccccc1.[Cu+].[Cu+].[Cu+].[Cu+].[N-]=P(c1ccccc1)(c1ccccc1)c1ccccc1.[N-]=P(c1ccccc1)(c1ccccc1)c1ccccc1.[N-]=P(c1ccccc1)(c1ccccc1)c1ccccc1.[N-]=P(c1ccccc1)(c1ccccc1)c1ccccc1. The first-order chi connectivity index (χ1) is 42.7. The Bertz CT molecular complexity index is 3350. The summed E-state index contributed by atoms with van der Waals surface area (Å²) in [5.41, 5.74) is 1.32. The minimum absolute atomic E-state index is 0. The molecular formula is C79H68Cu4N4P4. The van der Waals surface area contributed by atoms with Gasteiger partial charge in [0.1, 0.15) is 0 Å². The monoisotopic (exact) mass is 1450 g/mol. The van der Waals surface area contributed by atoms with E-state index in [9.17, 15) is 20.6 Å². The minimum Gasteiger partial charge on any atom is -0.797 e. The Balaban J connectivity index is 0.000000209. The third-order valence-corrected chi connectivity index (χ3v) is 27.0. The second kappa shape index (κ2) is 38.0. The summed E-state index contributed by atoms with van der Waals surface area (Å²) in [7, 11) is -10.1. The van der Waals surface area contributed by atoms with Gasteiger partial charge in [-0.05, 0) is 70.6 Å². The molecule has 0 spiro atoms. The van der Waals surface area contributed by atoms with Crippen LogP contribution in [0.15, 0.2) is 394 Å². The summed E-state index contributed by atoms with van der Waals surface area (Å²) in [5, 5.41) is 58.0. The molecular weight excluding hydrogens is 1380 g/mol. The van der Waals surface area contributed by atoms with Crippen LogP contribution in [0, 0.1) is 6.92 Å². The zero-order valence-corrected chi connectivity index (χ0v) is 57.2. The fourth-order valence-electron chi connectivity index (χ4n) is 10.0. The molecule has 0 aromatic heterocycles. The van der Waals surface area contributed by atoms with Crippen LogP contribution in [0.2, 0.25) is 0 Å². The Kier molecular flexibility index (Phi) is 31.2. The molecule has 0 aliphatic rings. The zero-order chi connectivity index (χ0) is 60.5. The second-order valence-electron chi connectivity index (χ2n) is 20.2. The maximum absolute atomic E-state index is 11.5. The Labute approximate surface area is 582 Å². The van der Waals surface area contributed by atoms with Gasteiger partial charge in [0.15, 0.2) is 0 Å². The standard InChI is InChI=1S/4C18H15NP.C7H8.4Cu/c4*19-20(16-10-4-1-5-11-16,17-12-6-2-7-13-17)18-14-8-3-9-15-18;1-7-5-3-2-4-6-7;;;;/h4*1-15H;2-6H,1H3;;;;/q4*-1;;4*+1. The van der Waals surface area contributed by atoms with Crippen LogP contribution < -0.4 is 63.7 Å². The van der Waals surface area contributed by atoms with Crippen molar-refractivity contribution in [1.29, 1.82) is 0 Å². The molecule has 0 fully saturated rings. The molecule has 0 unspecified atom stereocenters. The van der Waals surface area contributed by atoms with Gasteiger partial charge in [-0.15, -0.1) is 28.2 Å². The molecule has 0 N–H and O–H groups in total. The van der Waals surface area contributed by atoms with E-state index >= 15 is 0 Å². The summed E-state index contributed by atoms with van der Waals surface area (Å²) in [6, 6.07) is 130. The number of rotatable bonds is 12. The van der Waals surface area contributed by atoms with Crippen molar-refractivity contribution in [3.05, 3.63) is 421 Å². The normalized spacial score (nSPS) is 10.5. The molecule has 0 radical (unpaired) electrons. The van der Waals surface area contributed by atoms with Crippen LogP contribution in [0.4, 0.5) is 0 Å². The van der Waals surface area contributed by atoms with Crippen LogP contribution >= 0.6 is 28.2 Å². The van der Waals surface area contributed by atoms with Crippen LogP contribution in [0.1, 0.15) is 5.56 Å². The first-order valence-electron chi connectivity index (χ1n) is 28.8. The van der Waals surface area contributed by atoms with Crippen molar-refractivity contribution < 1.29 is 68.3 Å². The van der Waals surface area contributed by atoms with Crippen LogP contribution in [-0.2, 0) is 68.3 Å². The van der Waals surface area contributed by atoms with Gasteiger partial charge in [-0.25, -0.2) is 0 Å². The quantitative estimate of drug-likeness (QED) is 0.0862. The van der Waals surface area contributed by atoms with Gasteiger partial charge < -0.3 is 20.6 Å². The van der Waals surface area contributed by atoms with Crippen LogP contribution in [0.3, 0.4) is 0 Å². The molecule has 13 aromatic carbocycles. The topological polar surface area (TPSA) is 89.2 Å². The smallest absolute Gasteiger partial charge is 0.797 e. The van der Waals surface area contributed by atoms with Crippen molar-refractivity contribution >= 4 is 91.9 Å². The Morgan fingerprint density at radius 3 is 0.286 bits per heavy atom. The number of aryl methyl sites for hydroxylation is 1. The van der Waals surface area contributed by atoms with E-state index in [0.29, 0.717) is 0 Å². The van der Waals surface area contributed by atoms with E-state index in [1.807, 2.05) is 382 Å². The van der Waals surface area contributed by atoms with Crippen molar-refractivity contribution in [3.8, 4) is 0 Å². The van der Waals surface area contributed by atoms with Crippen LogP contribution in [-0.4, -0.2) is 0 Å². The molecule has 0 atom stereocenters. The third-order valence-electron chi connectivity index (χ3n) is 14.5.